The molecule has 0 aromatic heterocycles. The molecule has 0 atom stereocenters. The van der Waals surface area contributed by atoms with Crippen LogP contribution in [0.5, 0.6) is 11.5 Å². The zero-order chi connectivity index (χ0) is 12.2. The second-order valence-electron chi connectivity index (χ2n) is 2.58. The fourth-order valence-corrected chi connectivity index (χ4v) is 1.09. The van der Waals surface area contributed by atoms with Crippen LogP contribution >= 0.6 is 0 Å². The summed E-state index contributed by atoms with van der Waals surface area (Å²) < 4.78 is 30.9. The smallest absolute Gasteiger partial charge is 0.160 e. The molecular formula is C11H14O2. The van der Waals surface area contributed by atoms with E-state index in [0.29, 0.717) is 12.2 Å². The van der Waals surface area contributed by atoms with Crippen LogP contribution in [0, 0.1) is 0 Å². The molecule has 0 saturated heterocycles. The number of methoxy groups -OCH3 is 2. The highest BCUT2D eigenvalue weighted by Gasteiger charge is 2.02. The Hall–Kier alpha value is -1.44. The SMILES string of the molecule is [2H][13C]([2H])([2H])Oc1ccc(CC=C)cc1OC. The molecule has 1 aromatic carbocycles. The van der Waals surface area contributed by atoms with E-state index in [0.717, 1.165) is 5.56 Å². The van der Waals surface area contributed by atoms with E-state index in [-0.39, 0.29) is 5.75 Å². The van der Waals surface area contributed by atoms with Gasteiger partial charge in [-0.15, -0.1) is 6.58 Å². The highest BCUT2D eigenvalue weighted by Crippen LogP contribution is 2.27. The fourth-order valence-electron chi connectivity index (χ4n) is 1.09. The van der Waals surface area contributed by atoms with Crippen LogP contribution in [0.4, 0.5) is 0 Å². The van der Waals surface area contributed by atoms with Crippen molar-refractivity contribution in [2.24, 2.45) is 0 Å². The summed E-state index contributed by atoms with van der Waals surface area (Å²) in [5.41, 5.74) is 0.991. The highest BCUT2D eigenvalue weighted by atomic mass is 16.5. The van der Waals surface area contributed by atoms with Crippen molar-refractivity contribution in [3.63, 3.8) is 0 Å². The Balaban J connectivity index is 2.97. The second kappa shape index (κ2) is 4.55. The molecule has 13 heavy (non-hydrogen) atoms. The lowest BCUT2D eigenvalue weighted by Gasteiger charge is -2.08. The largest absolute Gasteiger partial charge is 0.493 e. The molecule has 1 rings (SSSR count). The molecule has 0 bridgehead atoms. The van der Waals surface area contributed by atoms with Crippen molar-refractivity contribution >= 4 is 0 Å². The Morgan fingerprint density at radius 2 is 2.31 bits per heavy atom. The summed E-state index contributed by atoms with van der Waals surface area (Å²) >= 11 is 0. The third-order valence-corrected chi connectivity index (χ3v) is 1.72. The van der Waals surface area contributed by atoms with Crippen molar-refractivity contribution in [1.29, 1.82) is 0 Å². The maximum atomic E-state index is 7.02. The topological polar surface area (TPSA) is 18.5 Å². The first-order chi connectivity index (χ1) is 7.46. The number of rotatable bonds is 4. The molecule has 0 aliphatic carbocycles. The molecule has 0 amide bonds. The van der Waals surface area contributed by atoms with Gasteiger partial charge < -0.3 is 9.47 Å². The number of hydrogen-bond donors (Lipinski definition) is 0. The van der Waals surface area contributed by atoms with Gasteiger partial charge in [0.25, 0.3) is 0 Å². The average molecular weight is 182 g/mol. The van der Waals surface area contributed by atoms with Crippen LogP contribution in [-0.2, 0) is 6.42 Å². The predicted molar refractivity (Wildman–Crippen MR) is 53.4 cm³/mol. The summed E-state index contributed by atoms with van der Waals surface area (Å²) in [4.78, 5) is 0. The van der Waals surface area contributed by atoms with E-state index in [4.69, 9.17) is 13.6 Å². The van der Waals surface area contributed by atoms with Crippen LogP contribution < -0.4 is 9.47 Å². The summed E-state index contributed by atoms with van der Waals surface area (Å²) in [7, 11) is -0.993. The average Bonchev–Trinajstić information content (AvgIpc) is 2.18. The van der Waals surface area contributed by atoms with Crippen LogP contribution in [0.15, 0.2) is 30.9 Å². The van der Waals surface area contributed by atoms with Crippen molar-refractivity contribution in [2.45, 2.75) is 6.42 Å². The predicted octanol–water partition coefficient (Wildman–Crippen LogP) is 2.43. The van der Waals surface area contributed by atoms with Gasteiger partial charge in [-0.25, -0.2) is 0 Å². The van der Waals surface area contributed by atoms with Gasteiger partial charge in [-0.3, -0.25) is 0 Å². The first kappa shape index (κ1) is 6.08. The monoisotopic (exact) mass is 182 g/mol. The van der Waals surface area contributed by atoms with Gasteiger partial charge in [0.1, 0.15) is 0 Å². The van der Waals surface area contributed by atoms with Crippen LogP contribution in [0.3, 0.4) is 0 Å². The lowest BCUT2D eigenvalue weighted by molar-refractivity contribution is 0.354. The number of benzene rings is 1. The van der Waals surface area contributed by atoms with Gasteiger partial charge in [-0.2, -0.15) is 0 Å². The van der Waals surface area contributed by atoms with Crippen molar-refractivity contribution in [1.82, 2.24) is 0 Å². The van der Waals surface area contributed by atoms with E-state index in [9.17, 15) is 0 Å². The first-order valence-corrected chi connectivity index (χ1v) is 3.93. The van der Waals surface area contributed by atoms with E-state index in [1.165, 1.54) is 7.11 Å². The van der Waals surface area contributed by atoms with Crippen molar-refractivity contribution in [3.05, 3.63) is 36.4 Å². The molecule has 0 unspecified atom stereocenters. The molecule has 0 saturated carbocycles. The van der Waals surface area contributed by atoms with Crippen molar-refractivity contribution in [3.8, 4) is 11.5 Å². The lowest BCUT2D eigenvalue weighted by atomic mass is 10.1. The molecule has 0 spiro atoms. The molecule has 0 heterocycles. The van der Waals surface area contributed by atoms with E-state index < -0.39 is 7.04 Å². The molecule has 0 aliphatic heterocycles. The minimum Gasteiger partial charge on any atom is -0.493 e. The Morgan fingerprint density at radius 3 is 2.92 bits per heavy atom. The van der Waals surface area contributed by atoms with Crippen LogP contribution in [0.25, 0.3) is 0 Å². The Kier molecular flexibility index (Phi) is 2.13. The van der Waals surface area contributed by atoms with E-state index in [1.807, 2.05) is 0 Å². The Bertz CT molecular complexity index is 372. The standard InChI is InChI=1S/C11H14O2/c1-4-5-9-6-7-10(12-2)11(8-9)13-3/h4,6-8H,1,5H2,2-3H3/i2+1D3. The van der Waals surface area contributed by atoms with Crippen LogP contribution in [0.2, 0.25) is 0 Å². The van der Waals surface area contributed by atoms with Gasteiger partial charge in [0.05, 0.1) is 18.3 Å². The summed E-state index contributed by atoms with van der Waals surface area (Å²) in [6.07, 6.45) is 2.46. The molecule has 0 fully saturated rings. The maximum Gasteiger partial charge on any atom is 0.160 e. The van der Waals surface area contributed by atoms with E-state index >= 15 is 0 Å². The fraction of sp³-hybridized carbons (Fsp3) is 0.273. The van der Waals surface area contributed by atoms with E-state index in [2.05, 4.69) is 6.58 Å². The van der Waals surface area contributed by atoms with Gasteiger partial charge in [-0.05, 0) is 24.1 Å². The molecule has 0 N–H and O–H groups in total. The molecule has 70 valence electrons. The quantitative estimate of drug-likeness (QED) is 0.526. The van der Waals surface area contributed by atoms with Gasteiger partial charge in [0, 0.05) is 0 Å². The third kappa shape index (κ3) is 2.25. The molecule has 2 heteroatoms. The Morgan fingerprint density at radius 1 is 1.46 bits per heavy atom. The van der Waals surface area contributed by atoms with Crippen LogP contribution in [-0.4, -0.2) is 14.1 Å². The zero-order valence-corrected chi connectivity index (χ0v) is 7.54. The van der Waals surface area contributed by atoms with Crippen LogP contribution in [0.1, 0.15) is 9.68 Å². The minimum absolute atomic E-state index is 0.218. The van der Waals surface area contributed by atoms with Gasteiger partial charge in [0.2, 0.25) is 0 Å². The van der Waals surface area contributed by atoms with E-state index in [1.54, 1.807) is 24.3 Å². The van der Waals surface area contributed by atoms with Gasteiger partial charge >= 0.3 is 0 Å². The van der Waals surface area contributed by atoms with Gasteiger partial charge in [0.15, 0.2) is 11.5 Å². The Labute approximate surface area is 83.0 Å². The van der Waals surface area contributed by atoms with Crippen molar-refractivity contribution in [2.75, 3.05) is 14.1 Å². The summed E-state index contributed by atoms with van der Waals surface area (Å²) in [6, 6.07) is 5.11. The number of ether oxygens (including phenoxy) is 2. The molecule has 0 aliphatic rings. The molecule has 2 nitrogen and oxygen atoms in total. The summed E-state index contributed by atoms with van der Waals surface area (Å²) in [5, 5.41) is 0. The maximum absolute atomic E-state index is 7.02. The number of hydrogen-bond acceptors (Lipinski definition) is 2. The summed E-state index contributed by atoms with van der Waals surface area (Å²) in [5.74, 6) is 0.630. The molecular weight excluding hydrogens is 165 g/mol. The molecule has 1 aromatic rings. The minimum atomic E-state index is -2.47. The normalized spacial score (nSPS) is 13.8. The summed E-state index contributed by atoms with van der Waals surface area (Å²) in [6.45, 7) is 3.63. The van der Waals surface area contributed by atoms with Gasteiger partial charge in [-0.1, -0.05) is 12.1 Å². The third-order valence-electron chi connectivity index (χ3n) is 1.72. The van der Waals surface area contributed by atoms with Crippen molar-refractivity contribution < 1.29 is 13.6 Å². The first-order valence-electron chi connectivity index (χ1n) is 5.43. The zero-order valence-electron chi connectivity index (χ0n) is 10.5. The molecule has 0 radical (unpaired) electrons. The second-order valence-corrected chi connectivity index (χ2v) is 2.58. The lowest BCUT2D eigenvalue weighted by Crippen LogP contribution is -1.91. The number of allylic oxidation sites excluding steroid dienone is 1. The highest BCUT2D eigenvalue weighted by molar-refractivity contribution is 5.43.